The van der Waals surface area contributed by atoms with Crippen LogP contribution in [0.1, 0.15) is 20.8 Å². The Morgan fingerprint density at radius 1 is 1.00 bits per heavy atom. The molecule has 4 heterocycles. The van der Waals surface area contributed by atoms with Crippen molar-refractivity contribution < 1.29 is 9.53 Å². The number of nitrogens with zero attached hydrogens (tertiary/aromatic N) is 6. The highest BCUT2D eigenvalue weighted by Gasteiger charge is 2.26. The van der Waals surface area contributed by atoms with Gasteiger partial charge in [0.2, 0.25) is 0 Å². The lowest BCUT2D eigenvalue weighted by molar-refractivity contribution is 0.0241. The Kier molecular flexibility index (Phi) is 4.62. The number of carbonyl (C=O) groups excluding carboxylic acids is 1. The topological polar surface area (TPSA) is 75.9 Å². The van der Waals surface area contributed by atoms with Gasteiger partial charge in [-0.25, -0.2) is 19.3 Å². The normalized spacial score (nSPS) is 15.1. The maximum Gasteiger partial charge on any atom is 0.410 e. The van der Waals surface area contributed by atoms with Crippen LogP contribution in [0.15, 0.2) is 43.2 Å². The molecule has 1 aliphatic rings. The summed E-state index contributed by atoms with van der Waals surface area (Å²) in [7, 11) is 0. The summed E-state index contributed by atoms with van der Waals surface area (Å²) in [5.41, 5.74) is 3.59. The van der Waals surface area contributed by atoms with E-state index >= 15 is 0 Å². The fourth-order valence-corrected chi connectivity index (χ4v) is 3.29. The lowest BCUT2D eigenvalue weighted by atomic mass is 10.1. The van der Waals surface area contributed by atoms with E-state index in [2.05, 4.69) is 32.1 Å². The summed E-state index contributed by atoms with van der Waals surface area (Å²) >= 11 is 0. The van der Waals surface area contributed by atoms with Gasteiger partial charge in [-0.1, -0.05) is 6.07 Å². The van der Waals surface area contributed by atoms with Crippen LogP contribution >= 0.6 is 0 Å². The number of hydrogen-bond acceptors (Lipinski definition) is 6. The van der Waals surface area contributed by atoms with Crippen molar-refractivity contribution in [3.8, 4) is 11.1 Å². The Morgan fingerprint density at radius 2 is 1.71 bits per heavy atom. The Hall–Kier alpha value is -3.16. The van der Waals surface area contributed by atoms with Crippen LogP contribution < -0.4 is 4.90 Å². The lowest BCUT2D eigenvalue weighted by Gasteiger charge is -2.36. The van der Waals surface area contributed by atoms with Crippen molar-refractivity contribution >= 4 is 17.3 Å². The molecule has 0 bridgehead atoms. The van der Waals surface area contributed by atoms with E-state index < -0.39 is 5.60 Å². The van der Waals surface area contributed by atoms with Crippen molar-refractivity contribution in [2.75, 3.05) is 31.1 Å². The molecule has 3 aromatic heterocycles. The minimum atomic E-state index is -0.474. The predicted molar refractivity (Wildman–Crippen MR) is 106 cm³/mol. The van der Waals surface area contributed by atoms with Gasteiger partial charge in [-0.3, -0.25) is 0 Å². The van der Waals surface area contributed by atoms with Gasteiger partial charge >= 0.3 is 6.09 Å². The van der Waals surface area contributed by atoms with Gasteiger partial charge in [-0.15, -0.1) is 0 Å². The number of hydrogen-bond donors (Lipinski definition) is 0. The average molecular weight is 380 g/mol. The SMILES string of the molecule is CC(C)(C)OC(=O)N1CCN(c2cnn3cc(-c4cncnc4)ccc23)CC1. The van der Waals surface area contributed by atoms with Crippen LogP contribution in [0.2, 0.25) is 0 Å². The third kappa shape index (κ3) is 3.76. The molecule has 0 aliphatic carbocycles. The van der Waals surface area contributed by atoms with Crippen molar-refractivity contribution in [3.63, 3.8) is 0 Å². The first-order chi connectivity index (χ1) is 13.4. The summed E-state index contributed by atoms with van der Waals surface area (Å²) in [6.45, 7) is 8.41. The minimum Gasteiger partial charge on any atom is -0.444 e. The van der Waals surface area contributed by atoms with E-state index in [0.717, 1.165) is 35.4 Å². The second kappa shape index (κ2) is 7.10. The quantitative estimate of drug-likeness (QED) is 0.680. The largest absolute Gasteiger partial charge is 0.444 e. The van der Waals surface area contributed by atoms with Gasteiger partial charge in [0.25, 0.3) is 0 Å². The molecule has 8 nitrogen and oxygen atoms in total. The molecule has 0 saturated carbocycles. The Morgan fingerprint density at radius 3 is 2.39 bits per heavy atom. The van der Waals surface area contributed by atoms with Crippen LogP contribution in [-0.4, -0.2) is 62.4 Å². The van der Waals surface area contributed by atoms with Gasteiger partial charge in [0, 0.05) is 55.9 Å². The third-order valence-electron chi connectivity index (χ3n) is 4.66. The standard InChI is InChI=1S/C20H24N6O2/c1-20(2,3)28-19(27)25-8-6-24(7-9-25)18-12-23-26-13-15(4-5-17(18)26)16-10-21-14-22-11-16/h4-5,10-14H,6-9H2,1-3H3. The van der Waals surface area contributed by atoms with E-state index in [0.29, 0.717) is 13.1 Å². The van der Waals surface area contributed by atoms with Crippen molar-refractivity contribution in [1.82, 2.24) is 24.5 Å². The summed E-state index contributed by atoms with van der Waals surface area (Å²) < 4.78 is 7.34. The second-order valence-electron chi connectivity index (χ2n) is 7.86. The summed E-state index contributed by atoms with van der Waals surface area (Å²) in [5, 5.41) is 4.51. The van der Waals surface area contributed by atoms with E-state index in [1.807, 2.05) is 37.7 Å². The fourth-order valence-electron chi connectivity index (χ4n) is 3.29. The number of piperazine rings is 1. The maximum atomic E-state index is 12.3. The highest BCUT2D eigenvalue weighted by molar-refractivity contribution is 5.76. The number of aromatic nitrogens is 4. The first kappa shape index (κ1) is 18.2. The molecule has 1 saturated heterocycles. The zero-order valence-electron chi connectivity index (χ0n) is 16.4. The van der Waals surface area contributed by atoms with Gasteiger partial charge in [0.15, 0.2) is 0 Å². The van der Waals surface area contributed by atoms with Crippen LogP contribution in [-0.2, 0) is 4.74 Å². The molecule has 146 valence electrons. The van der Waals surface area contributed by atoms with E-state index in [9.17, 15) is 4.79 Å². The smallest absolute Gasteiger partial charge is 0.410 e. The van der Waals surface area contributed by atoms with Crippen molar-refractivity contribution in [3.05, 3.63) is 43.2 Å². The maximum absolute atomic E-state index is 12.3. The molecule has 0 N–H and O–H groups in total. The molecule has 0 atom stereocenters. The molecule has 4 rings (SSSR count). The summed E-state index contributed by atoms with van der Waals surface area (Å²) in [5.74, 6) is 0. The number of amides is 1. The third-order valence-corrected chi connectivity index (χ3v) is 4.66. The van der Waals surface area contributed by atoms with Crippen molar-refractivity contribution in [2.24, 2.45) is 0 Å². The Labute approximate surface area is 163 Å². The first-order valence-corrected chi connectivity index (χ1v) is 9.36. The second-order valence-corrected chi connectivity index (χ2v) is 7.86. The number of ether oxygens (including phenoxy) is 1. The van der Waals surface area contributed by atoms with Crippen molar-refractivity contribution in [1.29, 1.82) is 0 Å². The number of anilines is 1. The summed E-state index contributed by atoms with van der Waals surface area (Å²) in [6.07, 6.45) is 8.70. The van der Waals surface area contributed by atoms with E-state index in [4.69, 9.17) is 4.74 Å². The van der Waals surface area contributed by atoms with Gasteiger partial charge in [0.1, 0.15) is 11.9 Å². The molecule has 0 radical (unpaired) electrons. The highest BCUT2D eigenvalue weighted by atomic mass is 16.6. The average Bonchev–Trinajstić information content (AvgIpc) is 3.11. The van der Waals surface area contributed by atoms with Gasteiger partial charge in [-0.2, -0.15) is 5.10 Å². The molecule has 28 heavy (non-hydrogen) atoms. The molecular weight excluding hydrogens is 356 g/mol. The molecule has 3 aromatic rings. The molecule has 0 unspecified atom stereocenters. The molecular formula is C20H24N6O2. The van der Waals surface area contributed by atoms with E-state index in [1.54, 1.807) is 17.3 Å². The molecule has 0 aromatic carbocycles. The zero-order valence-corrected chi connectivity index (χ0v) is 16.4. The lowest BCUT2D eigenvalue weighted by Crippen LogP contribution is -2.50. The number of rotatable bonds is 2. The predicted octanol–water partition coefficient (Wildman–Crippen LogP) is 2.85. The monoisotopic (exact) mass is 380 g/mol. The minimum absolute atomic E-state index is 0.248. The van der Waals surface area contributed by atoms with E-state index in [1.165, 1.54) is 6.33 Å². The summed E-state index contributed by atoms with van der Waals surface area (Å²) in [6, 6.07) is 4.11. The summed E-state index contributed by atoms with van der Waals surface area (Å²) in [4.78, 5) is 24.4. The van der Waals surface area contributed by atoms with Crippen molar-refractivity contribution in [2.45, 2.75) is 26.4 Å². The van der Waals surface area contributed by atoms with Crippen LogP contribution in [0, 0.1) is 0 Å². The van der Waals surface area contributed by atoms with E-state index in [-0.39, 0.29) is 6.09 Å². The number of pyridine rings is 1. The number of fused-ring (bicyclic) bond motifs is 1. The fraction of sp³-hybridized carbons (Fsp3) is 0.400. The Balaban J connectivity index is 1.48. The van der Waals surface area contributed by atoms with Gasteiger partial charge < -0.3 is 14.5 Å². The van der Waals surface area contributed by atoms with Gasteiger partial charge in [0.05, 0.1) is 17.4 Å². The molecule has 1 amide bonds. The Bertz CT molecular complexity index is 971. The van der Waals surface area contributed by atoms with Gasteiger partial charge in [-0.05, 0) is 26.8 Å². The molecule has 1 fully saturated rings. The zero-order chi connectivity index (χ0) is 19.7. The van der Waals surface area contributed by atoms with Crippen LogP contribution in [0.4, 0.5) is 10.5 Å². The van der Waals surface area contributed by atoms with Crippen LogP contribution in [0.3, 0.4) is 0 Å². The number of carbonyl (C=O) groups is 1. The van der Waals surface area contributed by atoms with Crippen LogP contribution in [0.5, 0.6) is 0 Å². The highest BCUT2D eigenvalue weighted by Crippen LogP contribution is 2.26. The molecule has 0 spiro atoms. The molecule has 8 heteroatoms. The van der Waals surface area contributed by atoms with Crippen LogP contribution in [0.25, 0.3) is 16.6 Å². The first-order valence-electron chi connectivity index (χ1n) is 9.36. The molecule has 1 aliphatic heterocycles.